The minimum absolute atomic E-state index is 0.00918. The van der Waals surface area contributed by atoms with E-state index in [4.69, 9.17) is 27.9 Å². The maximum absolute atomic E-state index is 12.6. The predicted octanol–water partition coefficient (Wildman–Crippen LogP) is 3.87. The summed E-state index contributed by atoms with van der Waals surface area (Å²) >= 11 is 13.5. The number of carbonyl (C=O) groups excluding carboxylic acids is 1. The number of benzene rings is 1. The summed E-state index contributed by atoms with van der Waals surface area (Å²) < 4.78 is 5.37. The fourth-order valence-corrected chi connectivity index (χ4v) is 4.34. The lowest BCUT2D eigenvalue weighted by Crippen LogP contribution is -2.41. The zero-order valence-electron chi connectivity index (χ0n) is 11.6. The van der Waals surface area contributed by atoms with E-state index >= 15 is 0 Å². The molecule has 6 heteroatoms. The fourth-order valence-electron chi connectivity index (χ4n) is 2.86. The summed E-state index contributed by atoms with van der Waals surface area (Å²) in [4.78, 5) is 15.6. The highest BCUT2D eigenvalue weighted by molar-refractivity contribution is 8.00. The van der Waals surface area contributed by atoms with Gasteiger partial charge in [-0.25, -0.2) is 0 Å². The average molecular weight is 346 g/mol. The number of thioether (sulfide) groups is 1. The van der Waals surface area contributed by atoms with Crippen molar-refractivity contribution < 1.29 is 9.53 Å². The summed E-state index contributed by atoms with van der Waals surface area (Å²) in [6, 6.07) is 5.88. The molecule has 21 heavy (non-hydrogen) atoms. The minimum Gasteiger partial charge on any atom is -0.381 e. The van der Waals surface area contributed by atoms with E-state index in [2.05, 4.69) is 0 Å². The molecule has 1 aromatic carbocycles. The molecule has 0 N–H and O–H groups in total. The van der Waals surface area contributed by atoms with E-state index in [-0.39, 0.29) is 11.2 Å². The van der Waals surface area contributed by atoms with Gasteiger partial charge in [-0.1, -0.05) is 23.2 Å². The van der Waals surface area contributed by atoms with Crippen molar-refractivity contribution in [1.29, 1.82) is 0 Å². The molecule has 1 atom stereocenters. The second-order valence-electron chi connectivity index (χ2n) is 5.35. The van der Waals surface area contributed by atoms with Crippen LogP contribution in [0.1, 0.15) is 19.3 Å². The Kier molecular flexibility index (Phi) is 4.99. The van der Waals surface area contributed by atoms with Crippen LogP contribution < -0.4 is 0 Å². The van der Waals surface area contributed by atoms with Gasteiger partial charge >= 0.3 is 0 Å². The van der Waals surface area contributed by atoms with Crippen LogP contribution in [0.15, 0.2) is 23.1 Å². The third-order valence-corrected chi connectivity index (χ3v) is 5.98. The highest BCUT2D eigenvalue weighted by Crippen LogP contribution is 2.35. The highest BCUT2D eigenvalue weighted by Gasteiger charge is 2.36. The molecule has 3 nitrogen and oxygen atoms in total. The van der Waals surface area contributed by atoms with Gasteiger partial charge in [-0.3, -0.25) is 4.79 Å². The zero-order chi connectivity index (χ0) is 14.8. The van der Waals surface area contributed by atoms with E-state index in [0.29, 0.717) is 16.1 Å². The number of carbonyl (C=O) groups is 1. The number of hydrogen-bond acceptors (Lipinski definition) is 3. The van der Waals surface area contributed by atoms with Gasteiger partial charge in [0.2, 0.25) is 5.91 Å². The maximum atomic E-state index is 12.6. The van der Waals surface area contributed by atoms with Crippen molar-refractivity contribution in [3.8, 4) is 0 Å². The van der Waals surface area contributed by atoms with Crippen molar-refractivity contribution in [2.24, 2.45) is 0 Å². The Hall–Kier alpha value is -0.420. The Labute approximate surface area is 138 Å². The molecule has 0 spiro atoms. The summed E-state index contributed by atoms with van der Waals surface area (Å²) in [7, 11) is 0. The van der Waals surface area contributed by atoms with Gasteiger partial charge in [-0.15, -0.1) is 11.8 Å². The molecule has 2 aliphatic rings. The van der Waals surface area contributed by atoms with E-state index in [1.54, 1.807) is 17.8 Å². The molecule has 114 valence electrons. The van der Waals surface area contributed by atoms with Gasteiger partial charge in [0.1, 0.15) is 0 Å². The van der Waals surface area contributed by atoms with E-state index in [9.17, 15) is 4.79 Å². The lowest BCUT2D eigenvalue weighted by atomic mass is 10.1. The molecule has 0 saturated carbocycles. The lowest BCUT2D eigenvalue weighted by Gasteiger charge is -2.31. The van der Waals surface area contributed by atoms with E-state index in [1.165, 1.54) is 0 Å². The van der Waals surface area contributed by atoms with Gasteiger partial charge in [-0.2, -0.15) is 0 Å². The van der Waals surface area contributed by atoms with Crippen LogP contribution in [0.2, 0.25) is 10.0 Å². The molecule has 2 aliphatic heterocycles. The van der Waals surface area contributed by atoms with Gasteiger partial charge in [-0.05, 0) is 37.5 Å². The summed E-state index contributed by atoms with van der Waals surface area (Å²) in [6.45, 7) is 2.38. The van der Waals surface area contributed by atoms with Crippen LogP contribution in [0.5, 0.6) is 0 Å². The largest absolute Gasteiger partial charge is 0.381 e. The minimum atomic E-state index is -0.00918. The number of amides is 1. The molecule has 1 amide bonds. The van der Waals surface area contributed by atoms with Gasteiger partial charge in [0, 0.05) is 30.7 Å². The molecule has 0 bridgehead atoms. The van der Waals surface area contributed by atoms with Crippen molar-refractivity contribution >= 4 is 40.9 Å². The first-order valence-corrected chi connectivity index (χ1v) is 8.78. The first-order valence-electron chi connectivity index (χ1n) is 7.15. The Morgan fingerprint density at radius 1 is 1.14 bits per heavy atom. The third-order valence-electron chi connectivity index (χ3n) is 3.99. The van der Waals surface area contributed by atoms with Gasteiger partial charge in [0.05, 0.1) is 15.3 Å². The van der Waals surface area contributed by atoms with E-state index in [1.807, 2.05) is 17.0 Å². The van der Waals surface area contributed by atoms with Gasteiger partial charge in [0.25, 0.3) is 0 Å². The Morgan fingerprint density at radius 2 is 1.90 bits per heavy atom. The quantitative estimate of drug-likeness (QED) is 0.832. The molecule has 2 heterocycles. The molecule has 2 saturated heterocycles. The summed E-state index contributed by atoms with van der Waals surface area (Å²) in [6.07, 6.45) is 2.80. The molecule has 0 aliphatic carbocycles. The maximum Gasteiger partial charge on any atom is 0.236 e. The normalized spacial score (nSPS) is 23.8. The predicted molar refractivity (Wildman–Crippen MR) is 86.3 cm³/mol. The molecule has 0 unspecified atom stereocenters. The van der Waals surface area contributed by atoms with Gasteiger partial charge < -0.3 is 9.64 Å². The summed E-state index contributed by atoms with van der Waals surface area (Å²) in [5.41, 5.74) is 0. The number of ether oxygens (including phenoxy) is 1. The topological polar surface area (TPSA) is 29.5 Å². The van der Waals surface area contributed by atoms with Crippen molar-refractivity contribution in [3.63, 3.8) is 0 Å². The second kappa shape index (κ2) is 6.78. The van der Waals surface area contributed by atoms with Crippen LogP contribution in [0, 0.1) is 0 Å². The van der Waals surface area contributed by atoms with Crippen LogP contribution in [0.25, 0.3) is 0 Å². The number of likely N-dealkylation sites (tertiary alicyclic amines) is 1. The Bertz CT molecular complexity index is 534. The number of rotatable bonds is 3. The monoisotopic (exact) mass is 345 g/mol. The van der Waals surface area contributed by atoms with Gasteiger partial charge in [0.15, 0.2) is 0 Å². The molecule has 0 aromatic heterocycles. The summed E-state index contributed by atoms with van der Waals surface area (Å²) in [5, 5.41) is 1.07. The Balaban J connectivity index is 1.64. The Morgan fingerprint density at radius 3 is 2.62 bits per heavy atom. The molecule has 1 aromatic rings. The summed E-state index contributed by atoms with van der Waals surface area (Å²) in [5.74, 6) is 0.248. The number of nitrogens with zero attached hydrogens (tertiary/aromatic N) is 1. The van der Waals surface area contributed by atoms with Crippen molar-refractivity contribution in [3.05, 3.63) is 28.2 Å². The molecule has 3 rings (SSSR count). The highest BCUT2D eigenvalue weighted by atomic mass is 35.5. The molecule has 0 radical (unpaired) electrons. The number of halogens is 2. The van der Waals surface area contributed by atoms with Crippen LogP contribution in [0.4, 0.5) is 0 Å². The third kappa shape index (κ3) is 3.50. The first-order chi connectivity index (χ1) is 10.1. The van der Waals surface area contributed by atoms with Crippen LogP contribution in [-0.4, -0.2) is 41.9 Å². The molecular formula is C15H17Cl2NO2S. The SMILES string of the molecule is O=C1[C@H](Sc2ccc(Cl)c(Cl)c2)CCN1C1CCOCC1. The van der Waals surface area contributed by atoms with Crippen LogP contribution >= 0.6 is 35.0 Å². The van der Waals surface area contributed by atoms with E-state index in [0.717, 1.165) is 43.9 Å². The number of hydrogen-bond donors (Lipinski definition) is 0. The van der Waals surface area contributed by atoms with Crippen LogP contribution in [0.3, 0.4) is 0 Å². The first kappa shape index (κ1) is 15.5. The van der Waals surface area contributed by atoms with Crippen LogP contribution in [-0.2, 0) is 9.53 Å². The lowest BCUT2D eigenvalue weighted by molar-refractivity contribution is -0.130. The molecule has 2 fully saturated rings. The average Bonchev–Trinajstić information content (AvgIpc) is 2.85. The second-order valence-corrected chi connectivity index (χ2v) is 7.44. The van der Waals surface area contributed by atoms with Crippen molar-refractivity contribution in [1.82, 2.24) is 4.90 Å². The standard InChI is InChI=1S/C15H17Cl2NO2S/c16-12-2-1-11(9-13(12)17)21-14-3-6-18(15(14)19)10-4-7-20-8-5-10/h1-2,9-10,14H,3-8H2/t14-/m1/s1. The zero-order valence-corrected chi connectivity index (χ0v) is 13.9. The molecular weight excluding hydrogens is 329 g/mol. The smallest absolute Gasteiger partial charge is 0.236 e. The van der Waals surface area contributed by atoms with Crippen molar-refractivity contribution in [2.75, 3.05) is 19.8 Å². The van der Waals surface area contributed by atoms with Crippen molar-refractivity contribution in [2.45, 2.75) is 35.4 Å². The fraction of sp³-hybridized carbons (Fsp3) is 0.533. The van der Waals surface area contributed by atoms with E-state index < -0.39 is 0 Å².